The molecule has 1 spiro atoms. The molecular formula is C20H20O6. The van der Waals surface area contributed by atoms with Crippen molar-refractivity contribution in [2.75, 3.05) is 6.61 Å². The molecule has 5 atom stereocenters. The predicted molar refractivity (Wildman–Crippen MR) is 88.6 cm³/mol. The largest absolute Gasteiger partial charge is 0.472 e. The van der Waals surface area contributed by atoms with Gasteiger partial charge >= 0.3 is 11.9 Å². The van der Waals surface area contributed by atoms with Gasteiger partial charge in [0, 0.05) is 11.0 Å². The van der Waals surface area contributed by atoms with Gasteiger partial charge < -0.3 is 19.0 Å². The highest BCUT2D eigenvalue weighted by atomic mass is 16.6. The van der Waals surface area contributed by atoms with Crippen molar-refractivity contribution >= 4 is 11.9 Å². The van der Waals surface area contributed by atoms with Crippen LogP contribution in [-0.2, 0) is 19.1 Å². The smallest absolute Gasteiger partial charge is 0.320 e. The first kappa shape index (κ1) is 15.9. The Balaban J connectivity index is 1.66. The van der Waals surface area contributed by atoms with Crippen LogP contribution in [0.4, 0.5) is 0 Å². The maximum absolute atomic E-state index is 12.8. The molecule has 1 unspecified atom stereocenters. The molecular weight excluding hydrogens is 336 g/mol. The zero-order chi connectivity index (χ0) is 18.2. The molecule has 6 nitrogen and oxygen atoms in total. The Bertz CT molecular complexity index is 852. The molecule has 1 N–H and O–H groups in total. The highest BCUT2D eigenvalue weighted by Crippen LogP contribution is 2.67. The van der Waals surface area contributed by atoms with E-state index in [1.54, 1.807) is 24.5 Å². The summed E-state index contributed by atoms with van der Waals surface area (Å²) in [5.41, 5.74) is -1.91. The first-order valence-electron chi connectivity index (χ1n) is 8.93. The van der Waals surface area contributed by atoms with E-state index in [2.05, 4.69) is 0 Å². The number of aliphatic hydroxyl groups is 1. The summed E-state index contributed by atoms with van der Waals surface area (Å²) in [6, 6.07) is 1.76. The molecule has 1 saturated carbocycles. The van der Waals surface area contributed by atoms with Crippen molar-refractivity contribution in [3.05, 3.63) is 48.0 Å². The third-order valence-electron chi connectivity index (χ3n) is 7.06. The first-order chi connectivity index (χ1) is 12.4. The van der Waals surface area contributed by atoms with E-state index in [4.69, 9.17) is 13.9 Å². The molecule has 2 saturated heterocycles. The van der Waals surface area contributed by atoms with E-state index < -0.39 is 34.4 Å². The molecule has 5 rings (SSSR count). The van der Waals surface area contributed by atoms with Crippen molar-refractivity contribution in [1.82, 2.24) is 0 Å². The summed E-state index contributed by atoms with van der Waals surface area (Å²) >= 11 is 0. The first-order valence-corrected chi connectivity index (χ1v) is 8.93. The average Bonchev–Trinajstić information content (AvgIpc) is 3.24. The van der Waals surface area contributed by atoms with E-state index in [-0.39, 0.29) is 12.6 Å². The van der Waals surface area contributed by atoms with Gasteiger partial charge in [0.1, 0.15) is 23.7 Å². The van der Waals surface area contributed by atoms with E-state index in [0.717, 1.165) is 11.1 Å². The number of furan rings is 1. The minimum absolute atomic E-state index is 0.196. The highest BCUT2D eigenvalue weighted by Gasteiger charge is 2.74. The van der Waals surface area contributed by atoms with Gasteiger partial charge in [-0.15, -0.1) is 0 Å². The number of fused-ring (bicyclic) bond motifs is 2. The molecule has 2 aliphatic heterocycles. The molecule has 0 amide bonds. The Morgan fingerprint density at radius 3 is 2.92 bits per heavy atom. The molecule has 2 aliphatic carbocycles. The Kier molecular flexibility index (Phi) is 2.98. The van der Waals surface area contributed by atoms with Crippen LogP contribution in [0.25, 0.3) is 0 Å². The van der Waals surface area contributed by atoms with Gasteiger partial charge in [0.25, 0.3) is 0 Å². The summed E-state index contributed by atoms with van der Waals surface area (Å²) in [4.78, 5) is 25.6. The lowest BCUT2D eigenvalue weighted by Gasteiger charge is -2.61. The second-order valence-electron chi connectivity index (χ2n) is 7.99. The molecule has 4 aliphatic rings. The maximum Gasteiger partial charge on any atom is 0.320 e. The van der Waals surface area contributed by atoms with E-state index in [0.29, 0.717) is 19.3 Å². The quantitative estimate of drug-likeness (QED) is 0.778. The van der Waals surface area contributed by atoms with Gasteiger partial charge in [0.15, 0.2) is 0 Å². The molecule has 136 valence electrons. The summed E-state index contributed by atoms with van der Waals surface area (Å²) in [7, 11) is 0. The van der Waals surface area contributed by atoms with Crippen molar-refractivity contribution in [2.24, 2.45) is 16.7 Å². The number of carbonyl (C=O) groups is 2. The lowest BCUT2D eigenvalue weighted by molar-refractivity contribution is -0.226. The molecule has 0 radical (unpaired) electrons. The predicted octanol–water partition coefficient (Wildman–Crippen LogP) is 2.45. The Morgan fingerprint density at radius 1 is 1.31 bits per heavy atom. The molecule has 1 aromatic rings. The van der Waals surface area contributed by atoms with Crippen LogP contribution in [0.5, 0.6) is 0 Å². The third-order valence-corrected chi connectivity index (χ3v) is 7.06. The molecule has 6 heteroatoms. The molecule has 26 heavy (non-hydrogen) atoms. The van der Waals surface area contributed by atoms with Crippen LogP contribution < -0.4 is 0 Å². The van der Waals surface area contributed by atoms with Gasteiger partial charge in [-0.1, -0.05) is 25.2 Å². The van der Waals surface area contributed by atoms with Gasteiger partial charge in [-0.3, -0.25) is 9.59 Å². The normalized spacial score (nSPS) is 43.7. The summed E-state index contributed by atoms with van der Waals surface area (Å²) in [6.45, 7) is 2.09. The van der Waals surface area contributed by atoms with Gasteiger partial charge in [0.05, 0.1) is 18.4 Å². The summed E-state index contributed by atoms with van der Waals surface area (Å²) in [5, 5.41) is 12.0. The van der Waals surface area contributed by atoms with Gasteiger partial charge in [0.2, 0.25) is 0 Å². The van der Waals surface area contributed by atoms with E-state index in [1.165, 1.54) is 6.26 Å². The number of cyclic esters (lactones) is 2. The minimum atomic E-state index is -1.50. The number of carbonyl (C=O) groups excluding carboxylic acids is 2. The second-order valence-corrected chi connectivity index (χ2v) is 7.99. The van der Waals surface area contributed by atoms with E-state index in [9.17, 15) is 14.7 Å². The Morgan fingerprint density at radius 2 is 2.15 bits per heavy atom. The fourth-order valence-electron chi connectivity index (χ4n) is 5.60. The number of rotatable bonds is 1. The molecule has 0 aromatic carbocycles. The van der Waals surface area contributed by atoms with Crippen LogP contribution in [0, 0.1) is 16.7 Å². The van der Waals surface area contributed by atoms with Crippen LogP contribution in [0.1, 0.15) is 37.9 Å². The van der Waals surface area contributed by atoms with E-state index >= 15 is 0 Å². The van der Waals surface area contributed by atoms with Crippen molar-refractivity contribution in [3.63, 3.8) is 0 Å². The number of hydrogen-bond acceptors (Lipinski definition) is 6. The Hall–Kier alpha value is -2.34. The van der Waals surface area contributed by atoms with Gasteiger partial charge in [-0.25, -0.2) is 0 Å². The second kappa shape index (κ2) is 4.88. The van der Waals surface area contributed by atoms with Gasteiger partial charge in [-0.05, 0) is 30.9 Å². The third kappa shape index (κ3) is 1.62. The number of hydrogen-bond donors (Lipinski definition) is 1. The highest BCUT2D eigenvalue weighted by molar-refractivity contribution is 5.88. The monoisotopic (exact) mass is 356 g/mol. The molecule has 3 fully saturated rings. The standard InChI is InChI=1S/C20H20O6/c1-18-9-15(12-5-8-24-10-12)26-16(21)14(18)4-7-19-13(11-25-17(19)22)3-2-6-20(18,19)23/h2-3,5-6,8,10,14-15,23H,4,7,9,11H2,1H3/t14-,15?,18-,19-,20+/m1/s1. The summed E-state index contributed by atoms with van der Waals surface area (Å²) in [5.74, 6) is -1.20. The van der Waals surface area contributed by atoms with Crippen LogP contribution in [0.2, 0.25) is 0 Å². The van der Waals surface area contributed by atoms with Crippen molar-refractivity contribution < 1.29 is 28.6 Å². The summed E-state index contributed by atoms with van der Waals surface area (Å²) in [6.07, 6.45) is 9.16. The SMILES string of the molecule is C[C@@]12CC(c3ccoc3)OC(=O)[C@H]1CC[C@]13C(=O)OCC1=CC=C[C@@]32O. The fourth-order valence-corrected chi connectivity index (χ4v) is 5.60. The maximum atomic E-state index is 12.8. The van der Waals surface area contributed by atoms with Crippen LogP contribution in [-0.4, -0.2) is 29.3 Å². The Labute approximate surface area is 150 Å². The topological polar surface area (TPSA) is 86.0 Å². The van der Waals surface area contributed by atoms with Gasteiger partial charge in [-0.2, -0.15) is 0 Å². The molecule has 1 aromatic heterocycles. The van der Waals surface area contributed by atoms with Crippen LogP contribution >= 0.6 is 0 Å². The van der Waals surface area contributed by atoms with E-state index in [1.807, 2.05) is 13.0 Å². The fraction of sp³-hybridized carbons (Fsp3) is 0.500. The van der Waals surface area contributed by atoms with Crippen LogP contribution in [0.3, 0.4) is 0 Å². The van der Waals surface area contributed by atoms with Crippen molar-refractivity contribution in [1.29, 1.82) is 0 Å². The van der Waals surface area contributed by atoms with Crippen molar-refractivity contribution in [3.8, 4) is 0 Å². The van der Waals surface area contributed by atoms with Crippen LogP contribution in [0.15, 0.2) is 46.8 Å². The number of allylic oxidation sites excluding steroid dienone is 2. The average molecular weight is 356 g/mol. The summed E-state index contributed by atoms with van der Waals surface area (Å²) < 4.78 is 16.1. The zero-order valence-corrected chi connectivity index (χ0v) is 14.4. The molecule has 3 heterocycles. The minimum Gasteiger partial charge on any atom is -0.472 e. The zero-order valence-electron chi connectivity index (χ0n) is 14.4. The lowest BCUT2D eigenvalue weighted by Crippen LogP contribution is -2.68. The number of ether oxygens (including phenoxy) is 2. The number of esters is 2. The lowest BCUT2D eigenvalue weighted by atomic mass is 9.44. The molecule has 0 bridgehead atoms. The van der Waals surface area contributed by atoms with Crippen molar-refractivity contribution in [2.45, 2.75) is 37.9 Å².